The van der Waals surface area contributed by atoms with Crippen LogP contribution in [0.2, 0.25) is 0 Å². The molecule has 0 radical (unpaired) electrons. The number of alkyl carbamates (subject to hydrolysis) is 1. The van der Waals surface area contributed by atoms with Crippen LogP contribution in [-0.4, -0.2) is 60.6 Å². The Morgan fingerprint density at radius 2 is 2.17 bits per heavy atom. The van der Waals surface area contributed by atoms with Crippen molar-refractivity contribution in [1.29, 1.82) is 0 Å². The van der Waals surface area contributed by atoms with Crippen molar-refractivity contribution in [2.75, 3.05) is 19.7 Å². The first-order valence-corrected chi connectivity index (χ1v) is 8.12. The van der Waals surface area contributed by atoms with Gasteiger partial charge in [0.15, 0.2) is 0 Å². The summed E-state index contributed by atoms with van der Waals surface area (Å²) < 4.78 is 10.7. The summed E-state index contributed by atoms with van der Waals surface area (Å²) in [6.45, 7) is 8.50. The number of likely N-dealkylation sites (tertiary alicyclic amines) is 1. The zero-order valence-corrected chi connectivity index (χ0v) is 14.5. The Labute approximate surface area is 137 Å². The number of unbranched alkanes of at least 4 members (excludes halogenated alkanes) is 1. The van der Waals surface area contributed by atoms with Gasteiger partial charge in [-0.2, -0.15) is 0 Å². The Balaban J connectivity index is 2.45. The summed E-state index contributed by atoms with van der Waals surface area (Å²) in [6, 6.07) is -0.789. The second-order valence-corrected chi connectivity index (χ2v) is 6.67. The van der Waals surface area contributed by atoms with Gasteiger partial charge in [-0.3, -0.25) is 4.79 Å². The van der Waals surface area contributed by atoms with E-state index in [1.165, 1.54) is 0 Å². The number of hydrogen-bond acceptors (Lipinski definition) is 5. The van der Waals surface area contributed by atoms with Gasteiger partial charge in [-0.1, -0.05) is 13.3 Å². The van der Waals surface area contributed by atoms with Crippen molar-refractivity contribution in [3.63, 3.8) is 0 Å². The normalized spacial score (nSPS) is 19.6. The van der Waals surface area contributed by atoms with E-state index in [4.69, 9.17) is 9.47 Å². The monoisotopic (exact) mass is 328 g/mol. The number of nitrogens with one attached hydrogen (secondary N) is 1. The molecule has 132 valence electrons. The average Bonchev–Trinajstić information content (AvgIpc) is 2.78. The number of carbonyl (C=O) groups excluding carboxylic acids is 3. The fraction of sp³-hybridized carbons (Fsp3) is 0.812. The van der Waals surface area contributed by atoms with Crippen molar-refractivity contribution >= 4 is 18.3 Å². The lowest BCUT2D eigenvalue weighted by molar-refractivity contribution is -0.137. The van der Waals surface area contributed by atoms with Gasteiger partial charge < -0.3 is 24.5 Å². The molecule has 0 saturated carbocycles. The van der Waals surface area contributed by atoms with E-state index in [1.807, 2.05) is 0 Å². The summed E-state index contributed by atoms with van der Waals surface area (Å²) in [7, 11) is 0. The fourth-order valence-electron chi connectivity index (χ4n) is 2.24. The summed E-state index contributed by atoms with van der Waals surface area (Å²) in [5.41, 5.74) is -0.640. The maximum atomic E-state index is 12.2. The van der Waals surface area contributed by atoms with Gasteiger partial charge in [0.1, 0.15) is 24.0 Å². The van der Waals surface area contributed by atoms with Crippen LogP contribution in [0.15, 0.2) is 0 Å². The minimum atomic E-state index is -0.789. The molecule has 1 N–H and O–H groups in total. The van der Waals surface area contributed by atoms with Gasteiger partial charge in [-0.05, 0) is 27.2 Å². The molecule has 2 atom stereocenters. The third-order valence-corrected chi connectivity index (χ3v) is 3.35. The average molecular weight is 328 g/mol. The van der Waals surface area contributed by atoms with Crippen molar-refractivity contribution in [3.05, 3.63) is 0 Å². The Morgan fingerprint density at radius 3 is 2.74 bits per heavy atom. The Morgan fingerprint density at radius 1 is 1.48 bits per heavy atom. The Bertz CT molecular complexity index is 419. The number of ether oxygens (including phenoxy) is 2. The molecule has 1 fully saturated rings. The van der Waals surface area contributed by atoms with E-state index in [0.29, 0.717) is 25.9 Å². The molecule has 2 amide bonds. The van der Waals surface area contributed by atoms with E-state index >= 15 is 0 Å². The van der Waals surface area contributed by atoms with Crippen LogP contribution in [0.1, 0.15) is 47.0 Å². The van der Waals surface area contributed by atoms with E-state index in [-0.39, 0.29) is 12.5 Å². The lowest BCUT2D eigenvalue weighted by Gasteiger charge is -2.24. The van der Waals surface area contributed by atoms with Gasteiger partial charge in [0.05, 0.1) is 0 Å². The molecule has 0 aromatic heterocycles. The van der Waals surface area contributed by atoms with Gasteiger partial charge in [-0.25, -0.2) is 4.79 Å². The molecule has 7 nitrogen and oxygen atoms in total. The van der Waals surface area contributed by atoms with E-state index in [1.54, 1.807) is 25.7 Å². The van der Waals surface area contributed by atoms with E-state index in [9.17, 15) is 14.4 Å². The quantitative estimate of drug-likeness (QED) is 0.539. The summed E-state index contributed by atoms with van der Waals surface area (Å²) in [6.07, 6.45) is 2.05. The van der Waals surface area contributed by atoms with Crippen molar-refractivity contribution < 1.29 is 23.9 Å². The lowest BCUT2D eigenvalue weighted by atomic mass is 10.2. The predicted octanol–water partition coefficient (Wildman–Crippen LogP) is 1.50. The van der Waals surface area contributed by atoms with Crippen LogP contribution in [0.3, 0.4) is 0 Å². The van der Waals surface area contributed by atoms with Gasteiger partial charge >= 0.3 is 6.09 Å². The molecule has 23 heavy (non-hydrogen) atoms. The molecule has 0 spiro atoms. The van der Waals surface area contributed by atoms with Gasteiger partial charge in [-0.15, -0.1) is 0 Å². The van der Waals surface area contributed by atoms with E-state index in [2.05, 4.69) is 12.2 Å². The number of rotatable bonds is 8. The van der Waals surface area contributed by atoms with Crippen molar-refractivity contribution in [2.24, 2.45) is 0 Å². The molecule has 1 rings (SSSR count). The summed E-state index contributed by atoms with van der Waals surface area (Å²) in [5, 5.41) is 2.47. The zero-order valence-electron chi connectivity index (χ0n) is 14.5. The zero-order chi connectivity index (χ0) is 17.5. The van der Waals surface area contributed by atoms with E-state index < -0.39 is 23.8 Å². The smallest absolute Gasteiger partial charge is 0.408 e. The first-order valence-electron chi connectivity index (χ1n) is 8.12. The van der Waals surface area contributed by atoms with Crippen LogP contribution in [0, 0.1) is 0 Å². The topological polar surface area (TPSA) is 84.9 Å². The molecular weight excluding hydrogens is 300 g/mol. The van der Waals surface area contributed by atoms with Crippen LogP contribution in [0.4, 0.5) is 4.79 Å². The highest BCUT2D eigenvalue weighted by Crippen LogP contribution is 2.15. The largest absolute Gasteiger partial charge is 0.444 e. The Kier molecular flexibility index (Phi) is 7.48. The highest BCUT2D eigenvalue weighted by atomic mass is 16.6. The predicted molar refractivity (Wildman–Crippen MR) is 85.1 cm³/mol. The molecule has 0 unspecified atom stereocenters. The number of amides is 2. The van der Waals surface area contributed by atoms with Gasteiger partial charge in [0.25, 0.3) is 5.91 Å². The maximum Gasteiger partial charge on any atom is 0.408 e. The second-order valence-electron chi connectivity index (χ2n) is 6.67. The highest BCUT2D eigenvalue weighted by molar-refractivity contribution is 5.83. The Hall–Kier alpha value is -1.63. The standard InChI is InChI=1S/C16H28N2O5/c1-5-6-9-22-13-7-8-18(14(13)20)10-12(11-19)17-15(21)23-16(2,3)4/h11-13H,5-10H2,1-4H3,(H,17,21)/t12-,13-/m0/s1. The number of hydrogen-bond donors (Lipinski definition) is 1. The van der Waals surface area contributed by atoms with E-state index in [0.717, 1.165) is 12.8 Å². The first-order chi connectivity index (χ1) is 10.8. The number of nitrogens with zero attached hydrogens (tertiary/aromatic N) is 1. The third-order valence-electron chi connectivity index (χ3n) is 3.35. The van der Waals surface area contributed by atoms with Crippen LogP contribution < -0.4 is 5.32 Å². The van der Waals surface area contributed by atoms with Crippen molar-refractivity contribution in [2.45, 2.75) is 64.7 Å². The van der Waals surface area contributed by atoms with Crippen LogP contribution in [0.25, 0.3) is 0 Å². The fourth-order valence-corrected chi connectivity index (χ4v) is 2.24. The molecule has 0 bridgehead atoms. The minimum absolute atomic E-state index is 0.126. The first kappa shape index (κ1) is 19.4. The molecule has 0 aromatic carbocycles. The number of carbonyl (C=O) groups is 3. The maximum absolute atomic E-state index is 12.2. The molecule has 1 heterocycles. The molecular formula is C16H28N2O5. The molecule has 0 aliphatic carbocycles. The third kappa shape index (κ3) is 6.99. The van der Waals surface area contributed by atoms with Gasteiger partial charge in [0.2, 0.25) is 0 Å². The van der Waals surface area contributed by atoms with Crippen LogP contribution >= 0.6 is 0 Å². The van der Waals surface area contributed by atoms with Crippen LogP contribution in [0.5, 0.6) is 0 Å². The summed E-state index contributed by atoms with van der Waals surface area (Å²) in [4.78, 5) is 36.6. The van der Waals surface area contributed by atoms with Crippen molar-refractivity contribution in [1.82, 2.24) is 10.2 Å². The molecule has 1 aliphatic heterocycles. The molecule has 7 heteroatoms. The summed E-state index contributed by atoms with van der Waals surface area (Å²) >= 11 is 0. The second kappa shape index (κ2) is 8.86. The molecule has 1 saturated heterocycles. The van der Waals surface area contributed by atoms with Crippen LogP contribution in [-0.2, 0) is 19.1 Å². The molecule has 0 aromatic rings. The lowest BCUT2D eigenvalue weighted by Crippen LogP contribution is -2.47. The summed E-state index contributed by atoms with van der Waals surface area (Å²) in [5.74, 6) is -0.126. The highest BCUT2D eigenvalue weighted by Gasteiger charge is 2.34. The minimum Gasteiger partial charge on any atom is -0.444 e. The molecule has 1 aliphatic rings. The van der Waals surface area contributed by atoms with Gasteiger partial charge in [0, 0.05) is 26.1 Å². The number of aldehydes is 1. The SMILES string of the molecule is CCCCO[C@H]1CCN(C[C@@H](C=O)NC(=O)OC(C)(C)C)C1=O. The van der Waals surface area contributed by atoms with Crippen molar-refractivity contribution in [3.8, 4) is 0 Å².